The first-order valence-electron chi connectivity index (χ1n) is 4.51. The SMILES string of the molecule is Nc1ccc(C2CC2)cc1OC(F)F. The predicted octanol–water partition coefficient (Wildman–Crippen LogP) is 2.75. The molecule has 1 aromatic carbocycles. The van der Waals surface area contributed by atoms with E-state index in [2.05, 4.69) is 4.74 Å². The molecule has 0 heterocycles. The molecule has 1 aliphatic carbocycles. The lowest BCUT2D eigenvalue weighted by Gasteiger charge is -2.09. The Morgan fingerprint density at radius 2 is 2.07 bits per heavy atom. The maximum absolute atomic E-state index is 12.0. The van der Waals surface area contributed by atoms with Crippen LogP contribution in [0.2, 0.25) is 0 Å². The molecule has 1 aromatic rings. The van der Waals surface area contributed by atoms with E-state index in [9.17, 15) is 8.78 Å². The van der Waals surface area contributed by atoms with Crippen molar-refractivity contribution >= 4 is 5.69 Å². The van der Waals surface area contributed by atoms with E-state index < -0.39 is 6.61 Å². The predicted molar refractivity (Wildman–Crippen MR) is 49.5 cm³/mol. The van der Waals surface area contributed by atoms with E-state index in [-0.39, 0.29) is 11.4 Å². The Morgan fingerprint density at radius 1 is 1.36 bits per heavy atom. The summed E-state index contributed by atoms with van der Waals surface area (Å²) in [5.41, 5.74) is 6.80. The molecule has 14 heavy (non-hydrogen) atoms. The second kappa shape index (κ2) is 3.44. The summed E-state index contributed by atoms with van der Waals surface area (Å²) >= 11 is 0. The molecule has 2 rings (SSSR count). The van der Waals surface area contributed by atoms with Gasteiger partial charge in [-0.3, -0.25) is 0 Å². The maximum atomic E-state index is 12.0. The van der Waals surface area contributed by atoms with Crippen LogP contribution in [0.4, 0.5) is 14.5 Å². The van der Waals surface area contributed by atoms with E-state index >= 15 is 0 Å². The van der Waals surface area contributed by atoms with Crippen LogP contribution in [0, 0.1) is 0 Å². The molecule has 0 aromatic heterocycles. The van der Waals surface area contributed by atoms with Crippen LogP contribution in [-0.4, -0.2) is 6.61 Å². The Balaban J connectivity index is 2.22. The molecule has 1 saturated carbocycles. The normalized spacial score (nSPS) is 15.9. The number of alkyl halides is 2. The van der Waals surface area contributed by atoms with Gasteiger partial charge in [0, 0.05) is 0 Å². The lowest BCUT2D eigenvalue weighted by Crippen LogP contribution is -2.04. The Kier molecular flexibility index (Phi) is 2.27. The lowest BCUT2D eigenvalue weighted by atomic mass is 10.1. The second-order valence-electron chi connectivity index (χ2n) is 3.45. The van der Waals surface area contributed by atoms with Crippen LogP contribution in [0.15, 0.2) is 18.2 Å². The summed E-state index contributed by atoms with van der Waals surface area (Å²) in [6.45, 7) is -2.81. The number of anilines is 1. The number of hydrogen-bond acceptors (Lipinski definition) is 2. The van der Waals surface area contributed by atoms with E-state index in [1.807, 2.05) is 6.07 Å². The number of halogens is 2. The summed E-state index contributed by atoms with van der Waals surface area (Å²) in [5.74, 6) is 0.597. The highest BCUT2D eigenvalue weighted by Gasteiger charge is 2.24. The van der Waals surface area contributed by atoms with Gasteiger partial charge >= 0.3 is 6.61 Å². The Bertz CT molecular complexity index is 337. The molecule has 2 N–H and O–H groups in total. The van der Waals surface area contributed by atoms with Gasteiger partial charge in [-0.05, 0) is 36.5 Å². The van der Waals surface area contributed by atoms with Crippen LogP contribution in [0.5, 0.6) is 5.75 Å². The molecule has 0 aliphatic heterocycles. The highest BCUT2D eigenvalue weighted by atomic mass is 19.3. The Morgan fingerprint density at radius 3 is 2.64 bits per heavy atom. The third-order valence-electron chi connectivity index (χ3n) is 2.30. The van der Waals surface area contributed by atoms with Gasteiger partial charge in [-0.1, -0.05) is 6.07 Å². The second-order valence-corrected chi connectivity index (χ2v) is 3.45. The molecule has 0 saturated heterocycles. The largest absolute Gasteiger partial charge is 0.433 e. The molecule has 4 heteroatoms. The fourth-order valence-corrected chi connectivity index (χ4v) is 1.42. The van der Waals surface area contributed by atoms with Crippen molar-refractivity contribution < 1.29 is 13.5 Å². The first kappa shape index (κ1) is 9.24. The van der Waals surface area contributed by atoms with Gasteiger partial charge in [0.05, 0.1) is 5.69 Å². The number of hydrogen-bond donors (Lipinski definition) is 1. The van der Waals surface area contributed by atoms with Gasteiger partial charge in [0.15, 0.2) is 0 Å². The number of benzene rings is 1. The van der Waals surface area contributed by atoms with Crippen LogP contribution in [0.3, 0.4) is 0 Å². The lowest BCUT2D eigenvalue weighted by molar-refractivity contribution is -0.0493. The van der Waals surface area contributed by atoms with Crippen LogP contribution in [0.25, 0.3) is 0 Å². The molecule has 0 radical (unpaired) electrons. The van der Waals surface area contributed by atoms with Gasteiger partial charge in [-0.25, -0.2) is 0 Å². The minimum atomic E-state index is -2.81. The molecule has 76 valence electrons. The minimum Gasteiger partial charge on any atom is -0.433 e. The molecule has 1 aliphatic rings. The molecule has 0 atom stereocenters. The Hall–Kier alpha value is -1.32. The molecule has 1 fully saturated rings. The van der Waals surface area contributed by atoms with Crippen LogP contribution >= 0.6 is 0 Å². The number of rotatable bonds is 3. The summed E-state index contributed by atoms with van der Waals surface area (Å²) in [5, 5.41) is 0. The molecule has 0 unspecified atom stereocenters. The first-order valence-corrected chi connectivity index (χ1v) is 4.51. The maximum Gasteiger partial charge on any atom is 0.387 e. The van der Waals surface area contributed by atoms with Gasteiger partial charge < -0.3 is 10.5 Å². The zero-order valence-corrected chi connectivity index (χ0v) is 7.54. The molecular formula is C10H11F2NO. The summed E-state index contributed by atoms with van der Waals surface area (Å²) in [6.07, 6.45) is 2.25. The molecule has 0 bridgehead atoms. The van der Waals surface area contributed by atoms with Crippen molar-refractivity contribution in [2.75, 3.05) is 5.73 Å². The number of nitrogen functional groups attached to an aromatic ring is 1. The first-order chi connectivity index (χ1) is 6.66. The Labute approximate surface area is 80.7 Å². The molecule has 2 nitrogen and oxygen atoms in total. The van der Waals surface area contributed by atoms with Crippen LogP contribution in [0.1, 0.15) is 24.3 Å². The molecule has 0 amide bonds. The smallest absolute Gasteiger partial charge is 0.387 e. The average Bonchev–Trinajstić information content (AvgIpc) is 2.91. The van der Waals surface area contributed by atoms with Crippen molar-refractivity contribution in [2.45, 2.75) is 25.4 Å². The topological polar surface area (TPSA) is 35.2 Å². The van der Waals surface area contributed by atoms with Gasteiger partial charge in [0.25, 0.3) is 0 Å². The highest BCUT2D eigenvalue weighted by Crippen LogP contribution is 2.42. The quantitative estimate of drug-likeness (QED) is 0.759. The summed E-state index contributed by atoms with van der Waals surface area (Å²) in [7, 11) is 0. The summed E-state index contributed by atoms with van der Waals surface area (Å²) < 4.78 is 28.2. The highest BCUT2D eigenvalue weighted by molar-refractivity contribution is 5.54. The van der Waals surface area contributed by atoms with Gasteiger partial charge in [-0.2, -0.15) is 8.78 Å². The zero-order valence-electron chi connectivity index (χ0n) is 7.54. The standard InChI is InChI=1S/C10H11F2NO/c11-10(12)14-9-5-7(6-1-2-6)3-4-8(9)13/h3-6,10H,1-2,13H2. The fourth-order valence-electron chi connectivity index (χ4n) is 1.42. The monoisotopic (exact) mass is 199 g/mol. The molecule has 0 spiro atoms. The number of nitrogens with two attached hydrogens (primary N) is 1. The summed E-state index contributed by atoms with van der Waals surface area (Å²) in [6, 6.07) is 5.09. The van der Waals surface area contributed by atoms with Crippen molar-refractivity contribution in [3.8, 4) is 5.75 Å². The van der Waals surface area contributed by atoms with Crippen molar-refractivity contribution in [3.63, 3.8) is 0 Å². The van der Waals surface area contributed by atoms with E-state index in [0.717, 1.165) is 18.4 Å². The average molecular weight is 199 g/mol. The van der Waals surface area contributed by atoms with E-state index in [0.29, 0.717) is 5.92 Å². The van der Waals surface area contributed by atoms with Gasteiger partial charge in [-0.15, -0.1) is 0 Å². The van der Waals surface area contributed by atoms with Crippen molar-refractivity contribution in [3.05, 3.63) is 23.8 Å². The van der Waals surface area contributed by atoms with Crippen LogP contribution in [-0.2, 0) is 0 Å². The van der Waals surface area contributed by atoms with Crippen molar-refractivity contribution in [1.82, 2.24) is 0 Å². The van der Waals surface area contributed by atoms with Crippen molar-refractivity contribution in [2.24, 2.45) is 0 Å². The number of ether oxygens (including phenoxy) is 1. The van der Waals surface area contributed by atoms with Gasteiger partial charge in [0.1, 0.15) is 5.75 Å². The van der Waals surface area contributed by atoms with E-state index in [4.69, 9.17) is 5.73 Å². The zero-order chi connectivity index (χ0) is 10.1. The van der Waals surface area contributed by atoms with Gasteiger partial charge in [0.2, 0.25) is 0 Å². The van der Waals surface area contributed by atoms with Crippen LogP contribution < -0.4 is 10.5 Å². The minimum absolute atomic E-state index is 0.0874. The third-order valence-corrected chi connectivity index (χ3v) is 2.30. The fraction of sp³-hybridized carbons (Fsp3) is 0.400. The third kappa shape index (κ3) is 1.95. The van der Waals surface area contributed by atoms with E-state index in [1.165, 1.54) is 0 Å². The molecular weight excluding hydrogens is 188 g/mol. The van der Waals surface area contributed by atoms with E-state index in [1.54, 1.807) is 12.1 Å². The summed E-state index contributed by atoms with van der Waals surface area (Å²) in [4.78, 5) is 0. The van der Waals surface area contributed by atoms with Crippen molar-refractivity contribution in [1.29, 1.82) is 0 Å².